The normalized spacial score (nSPS) is 27.9. The van der Waals surface area contributed by atoms with Gasteiger partial charge in [-0.1, -0.05) is 12.1 Å². The van der Waals surface area contributed by atoms with Crippen LogP contribution in [0.4, 0.5) is 0 Å². The van der Waals surface area contributed by atoms with Crippen molar-refractivity contribution in [3.05, 3.63) is 42.2 Å². The SMILES string of the molecule is O=C1C(=O)N(C23CC(C2)C3)CCN1Cc1ccc(-n2nccn2)cc1. The van der Waals surface area contributed by atoms with Gasteiger partial charge in [0, 0.05) is 25.2 Å². The molecule has 4 aliphatic rings. The molecule has 1 aromatic carbocycles. The van der Waals surface area contributed by atoms with Gasteiger partial charge in [-0.2, -0.15) is 15.0 Å². The first-order valence-electron chi connectivity index (χ1n) is 8.71. The van der Waals surface area contributed by atoms with Crippen molar-refractivity contribution in [2.75, 3.05) is 13.1 Å². The van der Waals surface area contributed by atoms with Crippen LogP contribution in [0.1, 0.15) is 24.8 Å². The highest BCUT2D eigenvalue weighted by atomic mass is 16.2. The molecule has 2 aromatic rings. The molecule has 7 nitrogen and oxygen atoms in total. The largest absolute Gasteiger partial charge is 0.328 e. The van der Waals surface area contributed by atoms with Gasteiger partial charge in [-0.15, -0.1) is 0 Å². The van der Waals surface area contributed by atoms with Gasteiger partial charge in [0.2, 0.25) is 0 Å². The summed E-state index contributed by atoms with van der Waals surface area (Å²) in [4.78, 5) is 30.1. The first-order chi connectivity index (χ1) is 12.1. The zero-order valence-corrected chi connectivity index (χ0v) is 13.8. The van der Waals surface area contributed by atoms with Gasteiger partial charge in [0.15, 0.2) is 0 Å². The van der Waals surface area contributed by atoms with Gasteiger partial charge in [-0.25, -0.2) is 0 Å². The van der Waals surface area contributed by atoms with E-state index in [1.54, 1.807) is 22.1 Å². The molecule has 0 radical (unpaired) electrons. The lowest BCUT2D eigenvalue weighted by atomic mass is 9.49. The first-order valence-corrected chi connectivity index (χ1v) is 8.71. The molecule has 0 spiro atoms. The van der Waals surface area contributed by atoms with Crippen molar-refractivity contribution in [2.45, 2.75) is 31.3 Å². The van der Waals surface area contributed by atoms with Crippen LogP contribution in [0.25, 0.3) is 5.69 Å². The maximum atomic E-state index is 12.5. The summed E-state index contributed by atoms with van der Waals surface area (Å²) in [5.41, 5.74) is 1.89. The summed E-state index contributed by atoms with van der Waals surface area (Å²) in [6.45, 7) is 1.73. The van der Waals surface area contributed by atoms with E-state index in [1.807, 2.05) is 29.2 Å². The Balaban J connectivity index is 1.27. The van der Waals surface area contributed by atoms with Gasteiger partial charge in [0.25, 0.3) is 0 Å². The first kappa shape index (κ1) is 14.6. The molecule has 25 heavy (non-hydrogen) atoms. The summed E-state index contributed by atoms with van der Waals surface area (Å²) in [7, 11) is 0. The Bertz CT molecular complexity index is 813. The van der Waals surface area contributed by atoms with Crippen LogP contribution in [0, 0.1) is 5.92 Å². The molecule has 1 aliphatic heterocycles. The van der Waals surface area contributed by atoms with Crippen LogP contribution in [-0.4, -0.2) is 55.2 Å². The third kappa shape index (κ3) is 2.18. The molecule has 0 atom stereocenters. The molecular formula is C18H19N5O2. The number of nitrogens with zero attached hydrogens (tertiary/aromatic N) is 5. The molecule has 7 heteroatoms. The molecule has 6 rings (SSSR count). The van der Waals surface area contributed by atoms with Gasteiger partial charge in [0.1, 0.15) is 0 Å². The molecule has 1 saturated heterocycles. The number of hydrogen-bond donors (Lipinski definition) is 0. The van der Waals surface area contributed by atoms with E-state index < -0.39 is 0 Å². The van der Waals surface area contributed by atoms with Gasteiger partial charge < -0.3 is 9.80 Å². The molecule has 4 fully saturated rings. The highest BCUT2D eigenvalue weighted by Gasteiger charge is 2.62. The number of aromatic nitrogens is 3. The fourth-order valence-electron chi connectivity index (χ4n) is 4.35. The number of amides is 2. The molecule has 3 saturated carbocycles. The van der Waals surface area contributed by atoms with Crippen molar-refractivity contribution in [2.24, 2.45) is 5.92 Å². The molecule has 1 aromatic heterocycles. The fourth-order valence-corrected chi connectivity index (χ4v) is 4.35. The molecule has 0 N–H and O–H groups in total. The summed E-state index contributed by atoms with van der Waals surface area (Å²) >= 11 is 0. The fraction of sp³-hybridized carbons (Fsp3) is 0.444. The lowest BCUT2D eigenvalue weighted by molar-refractivity contribution is -0.186. The Morgan fingerprint density at radius 1 is 0.960 bits per heavy atom. The summed E-state index contributed by atoms with van der Waals surface area (Å²) in [6.07, 6.45) is 6.53. The highest BCUT2D eigenvalue weighted by Crippen LogP contribution is 2.60. The molecular weight excluding hydrogens is 318 g/mol. The number of hydrogen-bond acceptors (Lipinski definition) is 4. The van der Waals surface area contributed by atoms with Crippen LogP contribution < -0.4 is 0 Å². The van der Waals surface area contributed by atoms with Crippen LogP contribution in [0.5, 0.6) is 0 Å². The van der Waals surface area contributed by atoms with Crippen LogP contribution in [-0.2, 0) is 16.1 Å². The monoisotopic (exact) mass is 337 g/mol. The quantitative estimate of drug-likeness (QED) is 0.780. The second kappa shape index (κ2) is 5.15. The van der Waals surface area contributed by atoms with Gasteiger partial charge in [0.05, 0.1) is 18.1 Å². The Kier molecular flexibility index (Phi) is 3.01. The van der Waals surface area contributed by atoms with Gasteiger partial charge >= 0.3 is 11.8 Å². The lowest BCUT2D eigenvalue weighted by Gasteiger charge is -2.66. The minimum Gasteiger partial charge on any atom is -0.328 e. The van der Waals surface area contributed by atoms with Crippen molar-refractivity contribution in [3.63, 3.8) is 0 Å². The minimum atomic E-state index is -0.367. The molecule has 0 unspecified atom stereocenters. The zero-order chi connectivity index (χ0) is 17.0. The molecule has 2 amide bonds. The topological polar surface area (TPSA) is 71.3 Å². The van der Waals surface area contributed by atoms with Crippen molar-refractivity contribution in [1.29, 1.82) is 0 Å². The van der Waals surface area contributed by atoms with E-state index in [-0.39, 0.29) is 17.4 Å². The molecule has 128 valence electrons. The Hall–Kier alpha value is -2.70. The second-order valence-corrected chi connectivity index (χ2v) is 7.37. The van der Waals surface area contributed by atoms with Gasteiger partial charge in [-0.05, 0) is 42.9 Å². The third-order valence-corrected chi connectivity index (χ3v) is 5.85. The molecule has 2 heterocycles. The summed E-state index contributed by atoms with van der Waals surface area (Å²) in [6, 6.07) is 7.73. The zero-order valence-electron chi connectivity index (χ0n) is 13.8. The summed E-state index contributed by atoms with van der Waals surface area (Å²) in [5.74, 6) is 0.110. The van der Waals surface area contributed by atoms with Crippen LogP contribution in [0.15, 0.2) is 36.7 Å². The Labute approximate surface area is 145 Å². The van der Waals surface area contributed by atoms with E-state index in [9.17, 15) is 9.59 Å². The summed E-state index contributed by atoms with van der Waals surface area (Å²) in [5, 5.41) is 8.19. The van der Waals surface area contributed by atoms with E-state index in [4.69, 9.17) is 0 Å². The predicted molar refractivity (Wildman–Crippen MR) is 88.6 cm³/mol. The Morgan fingerprint density at radius 3 is 2.24 bits per heavy atom. The van der Waals surface area contributed by atoms with E-state index in [0.29, 0.717) is 19.6 Å². The second-order valence-electron chi connectivity index (χ2n) is 7.37. The lowest BCUT2D eigenvalue weighted by Crippen LogP contribution is -2.73. The maximum Gasteiger partial charge on any atom is 0.312 e. The third-order valence-electron chi connectivity index (χ3n) is 5.85. The van der Waals surface area contributed by atoms with Crippen molar-refractivity contribution >= 4 is 11.8 Å². The standard InChI is InChI=1S/C18H19N5O2/c24-16-17(25)22(18-9-14(10-18)11-18)8-7-21(16)12-13-1-3-15(4-2-13)23-19-5-6-20-23/h1-6,14H,7-12H2. The van der Waals surface area contributed by atoms with Crippen LogP contribution in [0.2, 0.25) is 0 Å². The Morgan fingerprint density at radius 2 is 1.64 bits per heavy atom. The van der Waals surface area contributed by atoms with Crippen molar-refractivity contribution in [3.8, 4) is 5.69 Å². The van der Waals surface area contributed by atoms with Crippen molar-refractivity contribution < 1.29 is 9.59 Å². The van der Waals surface area contributed by atoms with Gasteiger partial charge in [-0.3, -0.25) is 9.59 Å². The molecule has 3 aliphatic carbocycles. The maximum absolute atomic E-state index is 12.5. The highest BCUT2D eigenvalue weighted by molar-refractivity contribution is 6.35. The number of carbonyl (C=O) groups is 2. The predicted octanol–water partition coefficient (Wildman–Crippen LogP) is 0.991. The summed E-state index contributed by atoms with van der Waals surface area (Å²) < 4.78 is 0. The van der Waals surface area contributed by atoms with E-state index in [1.165, 1.54) is 0 Å². The smallest absolute Gasteiger partial charge is 0.312 e. The average molecular weight is 337 g/mol. The van der Waals surface area contributed by atoms with Crippen LogP contribution in [0.3, 0.4) is 0 Å². The van der Waals surface area contributed by atoms with E-state index in [2.05, 4.69) is 10.2 Å². The molecule has 2 bridgehead atoms. The number of piperazine rings is 1. The minimum absolute atomic E-state index is 0.0297. The number of rotatable bonds is 4. The number of carbonyl (C=O) groups excluding carboxylic acids is 2. The van der Waals surface area contributed by atoms with E-state index >= 15 is 0 Å². The average Bonchev–Trinajstić information content (AvgIpc) is 3.07. The number of benzene rings is 1. The van der Waals surface area contributed by atoms with Crippen LogP contribution >= 0.6 is 0 Å². The van der Waals surface area contributed by atoms with Crippen molar-refractivity contribution in [1.82, 2.24) is 24.8 Å². The van der Waals surface area contributed by atoms with E-state index in [0.717, 1.165) is 36.4 Å².